The zero-order valence-corrected chi connectivity index (χ0v) is 15.6. The lowest BCUT2D eigenvalue weighted by atomic mass is 9.96. The number of hydrogen-bond donors (Lipinski definition) is 4. The van der Waals surface area contributed by atoms with Gasteiger partial charge in [0.25, 0.3) is 0 Å². The highest BCUT2D eigenvalue weighted by atomic mass is 31.2. The van der Waals surface area contributed by atoms with Gasteiger partial charge >= 0.3 is 15.6 Å². The number of anilines is 2. The molecule has 0 saturated heterocycles. The SMILES string of the molecule is CN1c2ccccc2Cc2ccccc21.O=P(O)(O)OCOP(=O)(O)O. The Hall–Kier alpha value is -1.54. The minimum absolute atomic E-state index is 1.05. The Bertz CT molecular complexity index is 780. The van der Waals surface area contributed by atoms with Gasteiger partial charge in [-0.25, -0.2) is 9.13 Å². The summed E-state index contributed by atoms with van der Waals surface area (Å²) >= 11 is 0. The van der Waals surface area contributed by atoms with Crippen LogP contribution in [-0.4, -0.2) is 33.4 Å². The van der Waals surface area contributed by atoms with E-state index >= 15 is 0 Å². The number of hydrogen-bond acceptors (Lipinski definition) is 5. The maximum atomic E-state index is 9.86. The predicted octanol–water partition coefficient (Wildman–Crippen LogP) is 2.52. The van der Waals surface area contributed by atoms with E-state index < -0.39 is 22.4 Å². The molecule has 0 unspecified atom stereocenters. The molecule has 1 aliphatic rings. The molecule has 4 N–H and O–H groups in total. The van der Waals surface area contributed by atoms with E-state index in [-0.39, 0.29) is 0 Å². The monoisotopic (exact) mass is 403 g/mol. The Balaban J connectivity index is 0.000000199. The highest BCUT2D eigenvalue weighted by molar-refractivity contribution is 7.47. The smallest absolute Gasteiger partial charge is 0.344 e. The molecule has 3 rings (SSSR count). The van der Waals surface area contributed by atoms with Crippen LogP contribution in [0.4, 0.5) is 11.4 Å². The molecular weight excluding hydrogens is 384 g/mol. The van der Waals surface area contributed by atoms with Crippen LogP contribution in [0.15, 0.2) is 48.5 Å². The van der Waals surface area contributed by atoms with Crippen molar-refractivity contribution in [2.75, 3.05) is 18.7 Å². The number of phosphoric ester groups is 2. The molecule has 0 aliphatic carbocycles. The highest BCUT2D eigenvalue weighted by Crippen LogP contribution is 2.40. The first-order valence-electron chi connectivity index (χ1n) is 7.36. The molecule has 1 aliphatic heterocycles. The van der Waals surface area contributed by atoms with Crippen molar-refractivity contribution < 1.29 is 37.8 Å². The summed E-state index contributed by atoms with van der Waals surface area (Å²) in [5.41, 5.74) is 5.49. The van der Waals surface area contributed by atoms with Crippen molar-refractivity contribution in [2.24, 2.45) is 0 Å². The second kappa shape index (κ2) is 8.43. The van der Waals surface area contributed by atoms with Crippen LogP contribution in [0.25, 0.3) is 0 Å². The van der Waals surface area contributed by atoms with Gasteiger partial charge in [0.05, 0.1) is 0 Å². The molecule has 0 saturated carbocycles. The summed E-state index contributed by atoms with van der Waals surface area (Å²) < 4.78 is 26.8. The Morgan fingerprint density at radius 1 is 0.846 bits per heavy atom. The van der Waals surface area contributed by atoms with Gasteiger partial charge in [-0.05, 0) is 23.3 Å². The summed E-state index contributed by atoms with van der Waals surface area (Å²) in [6.45, 7) is -1.16. The van der Waals surface area contributed by atoms with Crippen molar-refractivity contribution >= 4 is 27.0 Å². The van der Waals surface area contributed by atoms with Gasteiger partial charge in [-0.2, -0.15) is 0 Å². The zero-order chi connectivity index (χ0) is 19.4. The largest absolute Gasteiger partial charge is 0.471 e. The van der Waals surface area contributed by atoms with Crippen LogP contribution in [0.1, 0.15) is 11.1 Å². The lowest BCUT2D eigenvalue weighted by Gasteiger charge is -2.29. The number of phosphoric acid groups is 2. The first-order chi connectivity index (χ1) is 12.1. The van der Waals surface area contributed by atoms with E-state index in [1.54, 1.807) is 0 Å². The van der Waals surface area contributed by atoms with Crippen LogP contribution < -0.4 is 4.90 Å². The Morgan fingerprint density at radius 2 is 1.23 bits per heavy atom. The van der Waals surface area contributed by atoms with Crippen LogP contribution in [-0.2, 0) is 24.6 Å². The molecule has 0 radical (unpaired) electrons. The molecule has 2 aromatic rings. The lowest BCUT2D eigenvalue weighted by Crippen LogP contribution is -2.18. The average molecular weight is 403 g/mol. The molecule has 0 atom stereocenters. The minimum Gasteiger partial charge on any atom is -0.344 e. The van der Waals surface area contributed by atoms with Gasteiger partial charge in [-0.15, -0.1) is 0 Å². The fourth-order valence-corrected chi connectivity index (χ4v) is 2.93. The third kappa shape index (κ3) is 6.32. The molecular formula is C15H19NO8P2. The summed E-state index contributed by atoms with van der Waals surface area (Å²) in [6, 6.07) is 17.2. The number of benzene rings is 2. The van der Waals surface area contributed by atoms with E-state index in [1.165, 1.54) is 22.5 Å². The van der Waals surface area contributed by atoms with Crippen LogP contribution in [0, 0.1) is 0 Å². The van der Waals surface area contributed by atoms with Gasteiger partial charge in [0.2, 0.25) is 0 Å². The third-order valence-corrected chi connectivity index (χ3v) is 4.41. The van der Waals surface area contributed by atoms with Gasteiger partial charge in [0.15, 0.2) is 6.79 Å². The number of nitrogens with zero attached hydrogens (tertiary/aromatic N) is 1. The number of para-hydroxylation sites is 2. The standard InChI is InChI=1S/C14H13N.CH6O8P2/c1-15-13-8-4-2-6-11(13)10-12-7-3-5-9-14(12)15;2-10(3,4)8-1-9-11(5,6)7/h2-9H,10H2,1H3;1H2,(H2,2,3,4)(H2,5,6,7). The lowest BCUT2D eigenvalue weighted by molar-refractivity contribution is 0.0582. The van der Waals surface area contributed by atoms with E-state index in [0.717, 1.165) is 6.42 Å². The van der Waals surface area contributed by atoms with E-state index in [4.69, 9.17) is 19.6 Å². The normalized spacial score (nSPS) is 13.3. The van der Waals surface area contributed by atoms with E-state index in [1.807, 2.05) is 0 Å². The summed E-state index contributed by atoms with van der Waals surface area (Å²) in [5, 5.41) is 0. The fraction of sp³-hybridized carbons (Fsp3) is 0.200. The van der Waals surface area contributed by atoms with Crippen molar-refractivity contribution in [3.8, 4) is 0 Å². The maximum Gasteiger partial charge on any atom is 0.471 e. The second-order valence-electron chi connectivity index (χ2n) is 5.35. The molecule has 2 aromatic carbocycles. The Morgan fingerprint density at radius 3 is 1.62 bits per heavy atom. The van der Waals surface area contributed by atoms with Gasteiger partial charge in [0.1, 0.15) is 0 Å². The van der Waals surface area contributed by atoms with E-state index in [0.29, 0.717) is 0 Å². The van der Waals surface area contributed by atoms with Crippen LogP contribution in [0.5, 0.6) is 0 Å². The molecule has 26 heavy (non-hydrogen) atoms. The molecule has 1 heterocycles. The van der Waals surface area contributed by atoms with Crippen LogP contribution in [0.2, 0.25) is 0 Å². The topological polar surface area (TPSA) is 137 Å². The minimum atomic E-state index is -4.72. The number of fused-ring (bicyclic) bond motifs is 2. The molecule has 11 heteroatoms. The molecule has 0 bridgehead atoms. The summed E-state index contributed by atoms with van der Waals surface area (Å²) in [6.07, 6.45) is 1.05. The first-order valence-corrected chi connectivity index (χ1v) is 10.4. The van der Waals surface area contributed by atoms with Crippen molar-refractivity contribution in [1.82, 2.24) is 0 Å². The average Bonchev–Trinajstić information content (AvgIpc) is 2.53. The molecule has 0 amide bonds. The van der Waals surface area contributed by atoms with E-state index in [2.05, 4.69) is 69.5 Å². The van der Waals surface area contributed by atoms with Crippen LogP contribution in [0.3, 0.4) is 0 Å². The van der Waals surface area contributed by atoms with Crippen molar-refractivity contribution in [2.45, 2.75) is 6.42 Å². The Kier molecular flexibility index (Phi) is 6.74. The zero-order valence-electron chi connectivity index (χ0n) is 13.8. The predicted molar refractivity (Wildman–Crippen MR) is 94.9 cm³/mol. The molecule has 9 nitrogen and oxygen atoms in total. The molecule has 0 fully saturated rings. The van der Waals surface area contributed by atoms with Gasteiger partial charge in [-0.1, -0.05) is 36.4 Å². The summed E-state index contributed by atoms with van der Waals surface area (Å²) in [7, 11) is -7.30. The molecule has 0 aromatic heterocycles. The Labute approximate surface area is 150 Å². The van der Waals surface area contributed by atoms with Crippen molar-refractivity contribution in [3.05, 3.63) is 59.7 Å². The summed E-state index contributed by atoms with van der Waals surface area (Å²) in [5.74, 6) is 0. The quantitative estimate of drug-likeness (QED) is 0.448. The van der Waals surface area contributed by atoms with Gasteiger partial charge in [-0.3, -0.25) is 9.05 Å². The second-order valence-corrected chi connectivity index (χ2v) is 7.83. The molecule has 0 spiro atoms. The highest BCUT2D eigenvalue weighted by Gasteiger charge is 2.19. The fourth-order valence-electron chi connectivity index (χ4n) is 2.47. The van der Waals surface area contributed by atoms with E-state index in [9.17, 15) is 9.13 Å². The van der Waals surface area contributed by atoms with Crippen molar-refractivity contribution in [3.63, 3.8) is 0 Å². The number of rotatable bonds is 4. The van der Waals surface area contributed by atoms with Crippen molar-refractivity contribution in [1.29, 1.82) is 0 Å². The molecule has 142 valence electrons. The van der Waals surface area contributed by atoms with Gasteiger partial charge in [0, 0.05) is 24.8 Å². The maximum absolute atomic E-state index is 9.86. The van der Waals surface area contributed by atoms with Crippen LogP contribution >= 0.6 is 15.6 Å². The third-order valence-electron chi connectivity index (χ3n) is 3.53. The first kappa shape index (κ1) is 20.8. The summed E-state index contributed by atoms with van der Waals surface area (Å²) in [4.78, 5) is 34.2. The van der Waals surface area contributed by atoms with Gasteiger partial charge < -0.3 is 24.5 Å².